The Morgan fingerprint density at radius 1 is 1.22 bits per heavy atom. The highest BCUT2D eigenvalue weighted by atomic mass is 35.5. The van der Waals surface area contributed by atoms with Crippen molar-refractivity contribution in [2.24, 2.45) is 7.05 Å². The first-order valence-corrected chi connectivity index (χ1v) is 10.8. The van der Waals surface area contributed by atoms with E-state index in [0.29, 0.717) is 35.7 Å². The summed E-state index contributed by atoms with van der Waals surface area (Å²) < 4.78 is 9.57. The topological polar surface area (TPSA) is 110 Å². The molecule has 0 saturated heterocycles. The molecule has 10 heteroatoms. The summed E-state index contributed by atoms with van der Waals surface area (Å²) in [5.41, 5.74) is 11.1. The van der Waals surface area contributed by atoms with Crippen LogP contribution in [0.15, 0.2) is 36.9 Å². The number of pyridine rings is 1. The van der Waals surface area contributed by atoms with Gasteiger partial charge in [0.25, 0.3) is 0 Å². The summed E-state index contributed by atoms with van der Waals surface area (Å²) in [5.74, 6) is 1.68. The van der Waals surface area contributed by atoms with Crippen molar-refractivity contribution in [1.82, 2.24) is 34.5 Å². The van der Waals surface area contributed by atoms with Gasteiger partial charge in [-0.3, -0.25) is 14.3 Å². The van der Waals surface area contributed by atoms with Crippen molar-refractivity contribution in [3.8, 4) is 17.3 Å². The smallest absolute Gasteiger partial charge is 0.182 e. The zero-order valence-corrected chi connectivity index (χ0v) is 18.6. The van der Waals surface area contributed by atoms with Crippen LogP contribution in [-0.2, 0) is 20.2 Å². The maximum Gasteiger partial charge on any atom is 0.182 e. The minimum atomic E-state index is 0.278. The summed E-state index contributed by atoms with van der Waals surface area (Å²) in [6.07, 6.45) is 8.99. The molecule has 1 saturated carbocycles. The molecule has 0 atom stereocenters. The molecule has 0 unspecified atom stereocenters. The number of ether oxygens (including phenoxy) is 1. The highest BCUT2D eigenvalue weighted by Crippen LogP contribution is 2.43. The molecular formula is C22H23ClN8O. The lowest BCUT2D eigenvalue weighted by Gasteiger charge is -2.08. The summed E-state index contributed by atoms with van der Waals surface area (Å²) in [6, 6.07) is 3.77. The lowest BCUT2D eigenvalue weighted by molar-refractivity contribution is 0.305. The minimum Gasteiger partial charge on any atom is -0.483 e. The number of rotatable bonds is 7. The zero-order chi connectivity index (χ0) is 22.2. The van der Waals surface area contributed by atoms with E-state index in [4.69, 9.17) is 27.2 Å². The first kappa shape index (κ1) is 20.4. The van der Waals surface area contributed by atoms with Crippen molar-refractivity contribution in [2.45, 2.75) is 38.8 Å². The Labute approximate surface area is 190 Å². The molecule has 0 bridgehead atoms. The van der Waals surface area contributed by atoms with Crippen LogP contribution in [0.5, 0.6) is 5.75 Å². The van der Waals surface area contributed by atoms with Crippen LogP contribution in [0.4, 0.5) is 5.82 Å². The molecule has 0 amide bonds. The van der Waals surface area contributed by atoms with Gasteiger partial charge in [0.05, 0.1) is 29.7 Å². The van der Waals surface area contributed by atoms with Gasteiger partial charge in [-0.2, -0.15) is 10.2 Å². The molecule has 1 aliphatic rings. The Balaban J connectivity index is 1.43. The molecule has 32 heavy (non-hydrogen) atoms. The summed E-state index contributed by atoms with van der Waals surface area (Å²) >= 11 is 6.34. The highest BCUT2D eigenvalue weighted by Gasteiger charge is 2.32. The van der Waals surface area contributed by atoms with Crippen LogP contribution in [0.25, 0.3) is 11.5 Å². The average Bonchev–Trinajstić information content (AvgIpc) is 3.51. The molecule has 4 heterocycles. The van der Waals surface area contributed by atoms with Crippen molar-refractivity contribution in [3.05, 3.63) is 64.5 Å². The van der Waals surface area contributed by atoms with E-state index in [9.17, 15) is 0 Å². The summed E-state index contributed by atoms with van der Waals surface area (Å²) in [6.45, 7) is 2.95. The van der Waals surface area contributed by atoms with Gasteiger partial charge in [-0.05, 0) is 37.5 Å². The molecule has 0 spiro atoms. The molecule has 0 radical (unpaired) electrons. The van der Waals surface area contributed by atoms with Crippen LogP contribution in [0.2, 0.25) is 5.02 Å². The molecule has 2 N–H and O–H groups in total. The second kappa shape index (κ2) is 8.23. The fourth-order valence-corrected chi connectivity index (χ4v) is 4.00. The molecule has 4 aromatic heterocycles. The van der Waals surface area contributed by atoms with E-state index in [2.05, 4.69) is 27.0 Å². The molecule has 0 aromatic carbocycles. The monoisotopic (exact) mass is 450 g/mol. The molecule has 5 rings (SSSR count). The van der Waals surface area contributed by atoms with Crippen molar-refractivity contribution in [1.29, 1.82) is 0 Å². The Bertz CT molecular complexity index is 1240. The van der Waals surface area contributed by atoms with Crippen LogP contribution in [0.1, 0.15) is 41.3 Å². The standard InChI is InChI=1S/C22H23ClN8O/c1-13-19(22-26-10-18(21(24)28-22)32-12-14-5-7-25-8-6-14)29-31(20(13)15-3-4-15)11-17-16(23)9-27-30(17)2/h5-10,15H,3-4,11-12H2,1-2H3,(H2,24,26,28). The van der Waals surface area contributed by atoms with E-state index in [1.54, 1.807) is 29.5 Å². The second-order valence-electron chi connectivity index (χ2n) is 7.94. The number of anilines is 1. The van der Waals surface area contributed by atoms with Crippen molar-refractivity contribution in [3.63, 3.8) is 0 Å². The molecule has 1 aliphatic carbocycles. The van der Waals surface area contributed by atoms with E-state index >= 15 is 0 Å². The van der Waals surface area contributed by atoms with Gasteiger partial charge in [0, 0.05) is 36.6 Å². The van der Waals surface area contributed by atoms with Crippen LogP contribution < -0.4 is 10.5 Å². The molecule has 9 nitrogen and oxygen atoms in total. The average molecular weight is 451 g/mol. The zero-order valence-electron chi connectivity index (χ0n) is 17.9. The lowest BCUT2D eigenvalue weighted by atomic mass is 10.1. The quantitative estimate of drug-likeness (QED) is 0.458. The largest absolute Gasteiger partial charge is 0.483 e. The van der Waals surface area contributed by atoms with Crippen LogP contribution in [0, 0.1) is 6.92 Å². The number of halogens is 1. The third-order valence-corrected chi connectivity index (χ3v) is 5.97. The predicted octanol–water partition coefficient (Wildman–Crippen LogP) is 3.52. The molecule has 4 aromatic rings. The normalized spacial score (nSPS) is 13.5. The van der Waals surface area contributed by atoms with E-state index in [1.807, 2.05) is 23.9 Å². The van der Waals surface area contributed by atoms with Crippen LogP contribution in [0.3, 0.4) is 0 Å². The number of hydrogen-bond acceptors (Lipinski definition) is 7. The van der Waals surface area contributed by atoms with Crippen molar-refractivity contribution >= 4 is 17.4 Å². The summed E-state index contributed by atoms with van der Waals surface area (Å²) in [4.78, 5) is 13.0. The number of nitrogen functional groups attached to an aromatic ring is 1. The first-order chi connectivity index (χ1) is 15.5. The lowest BCUT2D eigenvalue weighted by Crippen LogP contribution is -2.10. The SMILES string of the molecule is Cc1c(-c2ncc(OCc3ccncc3)c(N)n2)nn(Cc2c(Cl)cnn2C)c1C1CC1. The van der Waals surface area contributed by atoms with Gasteiger partial charge in [0.2, 0.25) is 0 Å². The summed E-state index contributed by atoms with van der Waals surface area (Å²) in [7, 11) is 1.88. The molecular weight excluding hydrogens is 428 g/mol. The van der Waals surface area contributed by atoms with Gasteiger partial charge in [-0.1, -0.05) is 11.6 Å². The van der Waals surface area contributed by atoms with Crippen LogP contribution in [-0.4, -0.2) is 34.5 Å². The van der Waals surface area contributed by atoms with E-state index in [-0.39, 0.29) is 5.82 Å². The minimum absolute atomic E-state index is 0.278. The van der Waals surface area contributed by atoms with Gasteiger partial charge in [-0.25, -0.2) is 9.97 Å². The predicted molar refractivity (Wildman–Crippen MR) is 120 cm³/mol. The number of nitrogens with zero attached hydrogens (tertiary/aromatic N) is 7. The number of aryl methyl sites for hydroxylation is 1. The Morgan fingerprint density at radius 3 is 2.66 bits per heavy atom. The van der Waals surface area contributed by atoms with E-state index in [0.717, 1.165) is 35.4 Å². The van der Waals surface area contributed by atoms with Gasteiger partial charge in [0.15, 0.2) is 17.4 Å². The fourth-order valence-electron chi connectivity index (χ4n) is 3.78. The van der Waals surface area contributed by atoms with Crippen LogP contribution >= 0.6 is 11.6 Å². The van der Waals surface area contributed by atoms with Gasteiger partial charge in [0.1, 0.15) is 12.3 Å². The number of nitrogens with two attached hydrogens (primary N) is 1. The molecule has 164 valence electrons. The van der Waals surface area contributed by atoms with E-state index in [1.165, 1.54) is 5.69 Å². The number of hydrogen-bond donors (Lipinski definition) is 1. The summed E-state index contributed by atoms with van der Waals surface area (Å²) in [5, 5.41) is 9.71. The Morgan fingerprint density at radius 2 is 2.00 bits per heavy atom. The highest BCUT2D eigenvalue weighted by molar-refractivity contribution is 6.31. The molecule has 0 aliphatic heterocycles. The van der Waals surface area contributed by atoms with Gasteiger partial charge in [-0.15, -0.1) is 0 Å². The van der Waals surface area contributed by atoms with Gasteiger partial charge < -0.3 is 10.5 Å². The van der Waals surface area contributed by atoms with Crippen molar-refractivity contribution in [2.75, 3.05) is 5.73 Å². The van der Waals surface area contributed by atoms with Gasteiger partial charge >= 0.3 is 0 Å². The fraction of sp³-hybridized carbons (Fsp3) is 0.318. The van der Waals surface area contributed by atoms with Crippen molar-refractivity contribution < 1.29 is 4.74 Å². The molecule has 1 fully saturated rings. The second-order valence-corrected chi connectivity index (χ2v) is 8.35. The Hall–Kier alpha value is -3.46. The third kappa shape index (κ3) is 3.91. The Kier molecular flexibility index (Phi) is 5.26. The first-order valence-electron chi connectivity index (χ1n) is 10.4. The number of aromatic nitrogens is 7. The maximum absolute atomic E-state index is 6.34. The third-order valence-electron chi connectivity index (χ3n) is 5.65. The van der Waals surface area contributed by atoms with E-state index < -0.39 is 0 Å². The maximum atomic E-state index is 6.34.